The first-order valence-corrected chi connectivity index (χ1v) is 18.8. The first-order chi connectivity index (χ1) is 21.3. The highest BCUT2D eigenvalue weighted by molar-refractivity contribution is 7.80. The van der Waals surface area contributed by atoms with E-state index >= 15 is 0 Å². The van der Waals surface area contributed by atoms with Crippen molar-refractivity contribution in [3.8, 4) is 5.75 Å². The van der Waals surface area contributed by atoms with Crippen LogP contribution >= 0.6 is 12.6 Å². The first kappa shape index (κ1) is 33.8. The molecule has 0 amide bonds. The highest BCUT2D eigenvalue weighted by Crippen LogP contribution is 2.69. The molecule has 0 saturated heterocycles. The minimum absolute atomic E-state index is 0.519. The number of ether oxygens (including phenoxy) is 2. The van der Waals surface area contributed by atoms with Crippen molar-refractivity contribution in [1.82, 2.24) is 0 Å². The molecule has 5 aliphatic carbocycles. The molecule has 4 heteroatoms. The van der Waals surface area contributed by atoms with Crippen LogP contribution in [0.3, 0.4) is 0 Å². The van der Waals surface area contributed by atoms with E-state index in [-0.39, 0.29) is 0 Å². The van der Waals surface area contributed by atoms with Crippen molar-refractivity contribution in [3.05, 3.63) is 48.3 Å². The smallest absolute Gasteiger partial charge is 0.119 e. The van der Waals surface area contributed by atoms with Gasteiger partial charge in [-0.2, -0.15) is 12.6 Å². The summed E-state index contributed by atoms with van der Waals surface area (Å²) in [6.45, 7) is 11.4. The van der Waals surface area contributed by atoms with Crippen LogP contribution in [-0.2, 0) is 4.74 Å². The van der Waals surface area contributed by atoms with E-state index in [0.717, 1.165) is 77.3 Å². The van der Waals surface area contributed by atoms with Crippen molar-refractivity contribution >= 4 is 18.3 Å². The van der Waals surface area contributed by atoms with E-state index in [9.17, 15) is 0 Å². The Morgan fingerprint density at radius 3 is 2.36 bits per heavy atom. The van der Waals surface area contributed by atoms with Gasteiger partial charge in [0, 0.05) is 12.2 Å². The number of thiol groups is 1. The maximum absolute atomic E-state index is 5.17. The van der Waals surface area contributed by atoms with Crippen LogP contribution in [0.1, 0.15) is 105 Å². The summed E-state index contributed by atoms with van der Waals surface area (Å²) in [5.41, 5.74) is 2.43. The first-order valence-electron chi connectivity index (χ1n) is 18.2. The fourth-order valence-corrected chi connectivity index (χ4v) is 11.7. The summed E-state index contributed by atoms with van der Waals surface area (Å²) in [6.07, 6.45) is 23.9. The molecule has 44 heavy (non-hydrogen) atoms. The molecule has 7 unspecified atom stereocenters. The number of nitrogens with one attached hydrogen (secondary N) is 1. The zero-order valence-corrected chi connectivity index (χ0v) is 29.7. The van der Waals surface area contributed by atoms with Gasteiger partial charge in [0.05, 0.1) is 14.2 Å². The lowest BCUT2D eigenvalue weighted by atomic mass is 9.42. The largest absolute Gasteiger partial charge is 0.497 e. The second-order valence-corrected chi connectivity index (χ2v) is 16.1. The lowest BCUT2D eigenvalue weighted by molar-refractivity contribution is -0.138. The van der Waals surface area contributed by atoms with E-state index in [0.29, 0.717) is 16.7 Å². The van der Waals surface area contributed by atoms with Gasteiger partial charge in [-0.3, -0.25) is 0 Å². The van der Waals surface area contributed by atoms with Gasteiger partial charge in [0.2, 0.25) is 0 Å². The van der Waals surface area contributed by atoms with Crippen molar-refractivity contribution in [1.29, 1.82) is 0 Å². The molecule has 246 valence electrons. The summed E-state index contributed by atoms with van der Waals surface area (Å²) in [5.74, 6) is 10.5. The molecule has 0 heterocycles. The fraction of sp³-hybridized carbons (Fsp3) is 0.750. The lowest BCUT2D eigenvalue weighted by Gasteiger charge is -2.63. The predicted octanol–water partition coefficient (Wildman–Crippen LogP) is 10.8. The second-order valence-electron chi connectivity index (χ2n) is 15.6. The summed E-state index contributed by atoms with van der Waals surface area (Å²) in [4.78, 5) is 0. The van der Waals surface area contributed by atoms with Crippen LogP contribution < -0.4 is 10.1 Å². The normalized spacial score (nSPS) is 38.2. The molecule has 10 atom stereocenters. The summed E-state index contributed by atoms with van der Waals surface area (Å²) < 4.78 is 10.3. The van der Waals surface area contributed by atoms with Gasteiger partial charge in [-0.15, -0.1) is 0 Å². The molecule has 0 aromatic heterocycles. The molecule has 0 radical (unpaired) electrons. The molecule has 0 bridgehead atoms. The van der Waals surface area contributed by atoms with Gasteiger partial charge in [0.15, 0.2) is 0 Å². The van der Waals surface area contributed by atoms with Gasteiger partial charge in [-0.25, -0.2) is 0 Å². The molecule has 0 spiro atoms. The minimum atomic E-state index is 0.519. The third kappa shape index (κ3) is 6.91. The molecule has 3 nitrogen and oxygen atoms in total. The highest BCUT2D eigenvalue weighted by atomic mass is 32.1. The Balaban J connectivity index is 0.000000187. The van der Waals surface area contributed by atoms with E-state index in [1.54, 1.807) is 33.5 Å². The standard InChI is InChI=1S/C25H44S.C15H19NO2/c1-5-18-16-19-22-10-9-20(17(2)12-15-26)25(22,4)14-11-23(19)24(3)13-7-6-8-21(18)24;1-17-14-7-3-12(4-8-14)11-16-13-5-9-15(18-2)10-6-13/h17-23,26H,5-16H2,1-4H3;3,5-10,12,16H,4,11H2,1-2H3/t17-,18+,19?,20?,21?,22?,23+,24?,25?;/m1./s1. The molecule has 1 N–H and O–H groups in total. The van der Waals surface area contributed by atoms with Crippen molar-refractivity contribution in [3.63, 3.8) is 0 Å². The molecule has 5 aliphatic rings. The topological polar surface area (TPSA) is 30.5 Å². The summed E-state index contributed by atoms with van der Waals surface area (Å²) in [5, 5.41) is 3.42. The molecule has 6 rings (SSSR count). The van der Waals surface area contributed by atoms with E-state index in [1.165, 1.54) is 51.4 Å². The minimum Gasteiger partial charge on any atom is -0.497 e. The summed E-state index contributed by atoms with van der Waals surface area (Å²) in [6, 6.07) is 7.98. The van der Waals surface area contributed by atoms with Crippen LogP contribution in [0.2, 0.25) is 0 Å². The second kappa shape index (κ2) is 14.9. The van der Waals surface area contributed by atoms with Gasteiger partial charge < -0.3 is 14.8 Å². The van der Waals surface area contributed by atoms with Crippen molar-refractivity contribution in [2.24, 2.45) is 58.2 Å². The molecule has 1 aromatic carbocycles. The zero-order valence-electron chi connectivity index (χ0n) is 28.8. The monoisotopic (exact) mass is 621 g/mol. The summed E-state index contributed by atoms with van der Waals surface area (Å²) >= 11 is 4.56. The van der Waals surface area contributed by atoms with E-state index in [4.69, 9.17) is 9.47 Å². The number of anilines is 1. The molecule has 4 saturated carbocycles. The number of fused-ring (bicyclic) bond motifs is 5. The molecule has 1 aromatic rings. The van der Waals surface area contributed by atoms with Gasteiger partial charge in [0.25, 0.3) is 0 Å². The summed E-state index contributed by atoms with van der Waals surface area (Å²) in [7, 11) is 3.38. The zero-order chi connectivity index (χ0) is 31.3. The van der Waals surface area contributed by atoms with E-state index < -0.39 is 0 Å². The van der Waals surface area contributed by atoms with Gasteiger partial charge in [-0.1, -0.05) is 53.0 Å². The van der Waals surface area contributed by atoms with Crippen LogP contribution in [0.4, 0.5) is 5.69 Å². The highest BCUT2D eigenvalue weighted by Gasteiger charge is 2.61. The Morgan fingerprint density at radius 1 is 0.932 bits per heavy atom. The third-order valence-electron chi connectivity index (χ3n) is 13.7. The van der Waals surface area contributed by atoms with Crippen molar-refractivity contribution in [2.75, 3.05) is 31.8 Å². The lowest BCUT2D eigenvalue weighted by Crippen LogP contribution is -2.55. The predicted molar refractivity (Wildman–Crippen MR) is 190 cm³/mol. The number of rotatable bonds is 9. The number of allylic oxidation sites excluding steroid dienone is 2. The average molecular weight is 622 g/mol. The van der Waals surface area contributed by atoms with Gasteiger partial charge in [-0.05, 0) is 158 Å². The molecule has 0 aliphatic heterocycles. The Bertz CT molecular complexity index is 1110. The molecular formula is C40H63NO2S. The van der Waals surface area contributed by atoms with Crippen molar-refractivity contribution < 1.29 is 9.47 Å². The Hall–Kier alpha value is -1.55. The number of benzene rings is 1. The van der Waals surface area contributed by atoms with Crippen LogP contribution in [-0.4, -0.2) is 26.5 Å². The maximum Gasteiger partial charge on any atom is 0.119 e. The molecular weight excluding hydrogens is 559 g/mol. The van der Waals surface area contributed by atoms with Crippen LogP contribution in [0, 0.1) is 58.2 Å². The van der Waals surface area contributed by atoms with Crippen LogP contribution in [0.5, 0.6) is 5.75 Å². The Morgan fingerprint density at radius 2 is 1.70 bits per heavy atom. The molecule has 4 fully saturated rings. The Labute approximate surface area is 275 Å². The van der Waals surface area contributed by atoms with Crippen LogP contribution in [0.25, 0.3) is 0 Å². The van der Waals surface area contributed by atoms with Gasteiger partial charge >= 0.3 is 0 Å². The number of hydrogen-bond acceptors (Lipinski definition) is 4. The third-order valence-corrected chi connectivity index (χ3v) is 13.9. The number of methoxy groups -OCH3 is 2. The Kier molecular flexibility index (Phi) is 11.5. The fourth-order valence-electron chi connectivity index (χ4n) is 11.3. The van der Waals surface area contributed by atoms with Gasteiger partial charge in [0.1, 0.15) is 11.5 Å². The number of hydrogen-bond donors (Lipinski definition) is 2. The van der Waals surface area contributed by atoms with Crippen molar-refractivity contribution in [2.45, 2.75) is 105 Å². The average Bonchev–Trinajstić information content (AvgIpc) is 3.41. The maximum atomic E-state index is 5.17. The van der Waals surface area contributed by atoms with E-state index in [1.807, 2.05) is 30.3 Å². The quantitative estimate of drug-likeness (QED) is 0.269. The van der Waals surface area contributed by atoms with Crippen LogP contribution in [0.15, 0.2) is 48.3 Å². The SMILES string of the molecule is CC[C@H]1CC2C3CCC([C@H](C)CCS)C3(C)CC[C@@H]2C2(C)CCCCC12.COC1=CCC(CNc2ccc(OC)cc2)C=C1. The van der Waals surface area contributed by atoms with E-state index in [2.05, 4.69) is 57.8 Å².